The molecule has 19 rings (SSSR count). The SMILES string of the molecule is c1ccc(-c2ccc3ccc4ccc(-c5cccc6oc7c8ccccc8c(-c8ccccc8)cc7c56)nc4c3n2)cc1.c1ccc(-c2nc(-c3ccccc3)nc(-c3cccc(-c4cccc(-c5cccc6oc7c8ccccc8c(-c8ccccc8)cc7c56)c4)c3)n2)cc1. The van der Waals surface area contributed by atoms with E-state index >= 15 is 0 Å². The topological polar surface area (TPSA) is 90.7 Å². The van der Waals surface area contributed by atoms with E-state index < -0.39 is 0 Å². The standard InChI is InChI=1S/C49H31N3O.C40H24N2O/c1-4-15-32(16-5-1)42-31-43-45-39(27-14-28-44(45)53-46(43)41-26-11-10-25-40(41)42)37-23-12-21-35(29-37)36-22-13-24-38(30-36)49-51-47(33-17-6-2-7-18-33)50-48(52-49)34-19-8-3-9-20-34;1-3-10-25(11-4-1)32-24-33-37-31(16-9-17-36(37)43-40(33)30-15-8-7-14-29(30)32)35-23-21-28-19-18-27-20-22-34(26-12-5-2-6-13-26)41-38(27)39(28)42-35/h1-31H;1-24H. The Morgan fingerprint density at radius 3 is 1.06 bits per heavy atom. The average Bonchev–Trinajstić information content (AvgIpc) is 1.52. The summed E-state index contributed by atoms with van der Waals surface area (Å²) in [6, 6.07) is 116. The van der Waals surface area contributed by atoms with Crippen molar-refractivity contribution in [2.45, 2.75) is 0 Å². The fourth-order valence-corrected chi connectivity index (χ4v) is 13.8. The Kier molecular flexibility index (Phi) is 13.7. The first-order valence-electron chi connectivity index (χ1n) is 32.3. The number of hydrogen-bond donors (Lipinski definition) is 0. The first-order chi connectivity index (χ1) is 47.6. The molecule has 0 saturated carbocycles. The molecule has 0 unspecified atom stereocenters. The molecule has 448 valence electrons. The van der Waals surface area contributed by atoms with Gasteiger partial charge in [-0.05, 0) is 104 Å². The Morgan fingerprint density at radius 1 is 0.198 bits per heavy atom. The molecule has 0 radical (unpaired) electrons. The summed E-state index contributed by atoms with van der Waals surface area (Å²) in [7, 11) is 0. The number of fused-ring (bicyclic) bond motifs is 13. The fraction of sp³-hybridized carbons (Fsp3) is 0. The zero-order chi connectivity index (χ0) is 63.5. The lowest BCUT2D eigenvalue weighted by molar-refractivity contribution is 0.672. The first-order valence-corrected chi connectivity index (χ1v) is 32.3. The molecule has 0 saturated heterocycles. The highest BCUT2D eigenvalue weighted by atomic mass is 16.3. The number of rotatable bonds is 9. The summed E-state index contributed by atoms with van der Waals surface area (Å²) in [6.45, 7) is 0. The van der Waals surface area contributed by atoms with E-state index in [2.05, 4.69) is 255 Å². The van der Waals surface area contributed by atoms with Crippen molar-refractivity contribution in [2.24, 2.45) is 0 Å². The van der Waals surface area contributed by atoms with Gasteiger partial charge in [0.05, 0.1) is 22.4 Å². The van der Waals surface area contributed by atoms with E-state index in [-0.39, 0.29) is 0 Å². The van der Waals surface area contributed by atoms with Crippen molar-refractivity contribution in [3.8, 4) is 101 Å². The quantitative estimate of drug-likeness (QED) is 0.133. The lowest BCUT2D eigenvalue weighted by Crippen LogP contribution is -2.00. The maximum Gasteiger partial charge on any atom is 0.164 e. The predicted octanol–water partition coefficient (Wildman–Crippen LogP) is 23.8. The van der Waals surface area contributed by atoms with Gasteiger partial charge < -0.3 is 8.83 Å². The Hall–Kier alpha value is -13.0. The van der Waals surface area contributed by atoms with E-state index in [1.54, 1.807) is 0 Å². The molecule has 0 atom stereocenters. The third-order valence-electron chi connectivity index (χ3n) is 18.4. The Labute approximate surface area is 552 Å². The Bertz CT molecular complexity index is 6130. The smallest absolute Gasteiger partial charge is 0.164 e. The number of nitrogens with zero attached hydrogens (tertiary/aromatic N) is 5. The minimum absolute atomic E-state index is 0.631. The van der Waals surface area contributed by atoms with Crippen molar-refractivity contribution in [1.82, 2.24) is 24.9 Å². The second-order valence-electron chi connectivity index (χ2n) is 24.2. The van der Waals surface area contributed by atoms with E-state index in [1.165, 1.54) is 33.0 Å². The highest BCUT2D eigenvalue weighted by Gasteiger charge is 2.22. The van der Waals surface area contributed by atoms with Gasteiger partial charge in [0, 0.05) is 70.9 Å². The molecule has 0 aliphatic heterocycles. The summed E-state index contributed by atoms with van der Waals surface area (Å²) < 4.78 is 13.3. The molecule has 7 nitrogen and oxygen atoms in total. The van der Waals surface area contributed by atoms with Gasteiger partial charge >= 0.3 is 0 Å². The van der Waals surface area contributed by atoms with Crippen molar-refractivity contribution >= 4 is 87.2 Å². The monoisotopic (exact) mass is 1230 g/mol. The summed E-state index contributed by atoms with van der Waals surface area (Å²) in [5.74, 6) is 1.92. The number of aromatic nitrogens is 5. The summed E-state index contributed by atoms with van der Waals surface area (Å²) in [5.41, 5.74) is 21.3. The first kappa shape index (κ1) is 55.8. The number of furan rings is 2. The van der Waals surface area contributed by atoms with E-state index in [4.69, 9.17) is 33.8 Å². The van der Waals surface area contributed by atoms with Crippen LogP contribution >= 0.6 is 0 Å². The van der Waals surface area contributed by atoms with Gasteiger partial charge in [0.1, 0.15) is 22.3 Å². The van der Waals surface area contributed by atoms with E-state index in [1.807, 2.05) is 78.9 Å². The molecule has 96 heavy (non-hydrogen) atoms. The predicted molar refractivity (Wildman–Crippen MR) is 395 cm³/mol. The van der Waals surface area contributed by atoms with Crippen LogP contribution in [0.1, 0.15) is 0 Å². The largest absolute Gasteiger partial charge is 0.455 e. The number of benzene rings is 14. The average molecular weight is 1230 g/mol. The second-order valence-corrected chi connectivity index (χ2v) is 24.2. The summed E-state index contributed by atoms with van der Waals surface area (Å²) in [5, 5.41) is 11.1. The van der Waals surface area contributed by atoms with Crippen LogP contribution in [-0.4, -0.2) is 24.9 Å². The van der Waals surface area contributed by atoms with Crippen LogP contribution in [0.25, 0.3) is 188 Å². The van der Waals surface area contributed by atoms with Gasteiger partial charge in [-0.1, -0.05) is 285 Å². The van der Waals surface area contributed by atoms with Crippen LogP contribution < -0.4 is 0 Å². The highest BCUT2D eigenvalue weighted by molar-refractivity contribution is 6.24. The molecular formula is C89H55N5O2. The summed E-state index contributed by atoms with van der Waals surface area (Å²) >= 11 is 0. The van der Waals surface area contributed by atoms with Gasteiger partial charge in [-0.2, -0.15) is 0 Å². The molecule has 0 spiro atoms. The third-order valence-corrected chi connectivity index (χ3v) is 18.4. The van der Waals surface area contributed by atoms with Gasteiger partial charge in [-0.25, -0.2) is 24.9 Å². The maximum absolute atomic E-state index is 6.66. The molecule has 0 aliphatic rings. The van der Waals surface area contributed by atoms with Crippen molar-refractivity contribution in [3.63, 3.8) is 0 Å². The molecule has 0 N–H and O–H groups in total. The van der Waals surface area contributed by atoms with Gasteiger partial charge in [-0.15, -0.1) is 0 Å². The Morgan fingerprint density at radius 2 is 0.552 bits per heavy atom. The zero-order valence-electron chi connectivity index (χ0n) is 51.8. The summed E-state index contributed by atoms with van der Waals surface area (Å²) in [4.78, 5) is 25.2. The number of hydrogen-bond acceptors (Lipinski definition) is 7. The molecule has 5 aromatic heterocycles. The minimum Gasteiger partial charge on any atom is -0.455 e. The van der Waals surface area contributed by atoms with Crippen molar-refractivity contribution in [2.75, 3.05) is 0 Å². The third kappa shape index (κ3) is 9.98. The molecule has 0 fully saturated rings. The minimum atomic E-state index is 0.631. The highest BCUT2D eigenvalue weighted by Crippen LogP contribution is 2.46. The second kappa shape index (κ2) is 23.6. The van der Waals surface area contributed by atoms with Crippen LogP contribution in [-0.2, 0) is 0 Å². The van der Waals surface area contributed by atoms with Gasteiger partial charge in [0.15, 0.2) is 17.5 Å². The molecule has 0 bridgehead atoms. The zero-order valence-corrected chi connectivity index (χ0v) is 51.8. The molecule has 5 heterocycles. The van der Waals surface area contributed by atoms with Gasteiger partial charge in [-0.3, -0.25) is 0 Å². The van der Waals surface area contributed by atoms with Crippen LogP contribution in [0.3, 0.4) is 0 Å². The fourth-order valence-electron chi connectivity index (χ4n) is 13.8. The Balaban J connectivity index is 0.000000143. The molecule has 7 heteroatoms. The van der Waals surface area contributed by atoms with Crippen LogP contribution in [0.2, 0.25) is 0 Å². The van der Waals surface area contributed by atoms with Gasteiger partial charge in [0.25, 0.3) is 0 Å². The van der Waals surface area contributed by atoms with Crippen LogP contribution in [0.5, 0.6) is 0 Å². The van der Waals surface area contributed by atoms with Crippen LogP contribution in [0.15, 0.2) is 342 Å². The molecule has 0 amide bonds. The van der Waals surface area contributed by atoms with E-state index in [9.17, 15) is 0 Å². The lowest BCUT2D eigenvalue weighted by Gasteiger charge is -2.11. The summed E-state index contributed by atoms with van der Waals surface area (Å²) in [6.07, 6.45) is 0. The maximum atomic E-state index is 6.66. The van der Waals surface area contributed by atoms with Gasteiger partial charge in [0.2, 0.25) is 0 Å². The van der Waals surface area contributed by atoms with Crippen molar-refractivity contribution < 1.29 is 8.83 Å². The van der Waals surface area contributed by atoms with Crippen LogP contribution in [0, 0.1) is 0 Å². The molecule has 19 aromatic rings. The number of pyridine rings is 2. The van der Waals surface area contributed by atoms with E-state index in [0.29, 0.717) is 17.5 Å². The normalized spacial score (nSPS) is 11.5. The lowest BCUT2D eigenvalue weighted by atomic mass is 9.92. The van der Waals surface area contributed by atoms with Crippen LogP contribution in [0.4, 0.5) is 0 Å². The van der Waals surface area contributed by atoms with Crippen molar-refractivity contribution in [1.29, 1.82) is 0 Å². The molecular weight excluding hydrogens is 1170 g/mol. The molecule has 0 aliphatic carbocycles. The van der Waals surface area contributed by atoms with E-state index in [0.717, 1.165) is 138 Å². The molecule has 14 aromatic carbocycles. The van der Waals surface area contributed by atoms with Crippen molar-refractivity contribution in [3.05, 3.63) is 334 Å².